The van der Waals surface area contributed by atoms with E-state index < -0.39 is 0 Å². The van der Waals surface area contributed by atoms with Crippen LogP contribution in [-0.4, -0.2) is 41.0 Å². The molecule has 2 aromatic rings. The van der Waals surface area contributed by atoms with E-state index in [0.717, 1.165) is 16.7 Å². The number of ether oxygens (including phenoxy) is 1. The van der Waals surface area contributed by atoms with Crippen LogP contribution in [0, 0.1) is 0 Å². The molecule has 106 valence electrons. The van der Waals surface area contributed by atoms with Gasteiger partial charge in [-0.15, -0.1) is 0 Å². The van der Waals surface area contributed by atoms with Crippen LogP contribution in [0.2, 0.25) is 0 Å². The molecule has 0 unspecified atom stereocenters. The molecule has 0 spiro atoms. The summed E-state index contributed by atoms with van der Waals surface area (Å²) in [6.07, 6.45) is 2.11. The largest absolute Gasteiger partial charge is 0.381 e. The Morgan fingerprint density at radius 3 is 2.80 bits per heavy atom. The van der Waals surface area contributed by atoms with Gasteiger partial charge >= 0.3 is 0 Å². The molecule has 1 aromatic carbocycles. The van der Waals surface area contributed by atoms with Crippen molar-refractivity contribution in [3.05, 3.63) is 36.2 Å². The Kier molecular flexibility index (Phi) is 5.01. The fourth-order valence-corrected chi connectivity index (χ4v) is 1.90. The standard InChI is InChI=1S/C15H19N3O2/c1-3-20-9-8-15(19)18(2)11-12-10-16-13-6-4-5-7-14(13)17-12/h4-7,10H,3,8-9,11H2,1-2H3. The minimum atomic E-state index is 0.0495. The molecule has 0 aliphatic rings. The van der Waals surface area contributed by atoms with E-state index in [0.29, 0.717) is 26.2 Å². The lowest BCUT2D eigenvalue weighted by Crippen LogP contribution is -2.27. The molecule has 0 aliphatic carbocycles. The SMILES string of the molecule is CCOCCC(=O)N(C)Cc1cnc2ccccc2n1. The van der Waals surface area contributed by atoms with Gasteiger partial charge in [0.25, 0.3) is 0 Å². The molecule has 0 saturated carbocycles. The molecule has 0 aliphatic heterocycles. The monoisotopic (exact) mass is 273 g/mol. The molecular weight excluding hydrogens is 254 g/mol. The summed E-state index contributed by atoms with van der Waals surface area (Å²) in [6, 6.07) is 7.70. The summed E-state index contributed by atoms with van der Waals surface area (Å²) in [5.74, 6) is 0.0495. The number of fused-ring (bicyclic) bond motifs is 1. The number of benzene rings is 1. The number of carbonyl (C=O) groups is 1. The Morgan fingerprint density at radius 1 is 1.30 bits per heavy atom. The minimum absolute atomic E-state index is 0.0495. The quantitative estimate of drug-likeness (QED) is 0.756. The highest BCUT2D eigenvalue weighted by Gasteiger charge is 2.10. The number of nitrogens with zero attached hydrogens (tertiary/aromatic N) is 3. The maximum atomic E-state index is 11.9. The molecular formula is C15H19N3O2. The van der Waals surface area contributed by atoms with Gasteiger partial charge in [-0.2, -0.15) is 0 Å². The Balaban J connectivity index is 1.98. The summed E-state index contributed by atoms with van der Waals surface area (Å²) in [4.78, 5) is 22.4. The van der Waals surface area contributed by atoms with E-state index in [1.807, 2.05) is 31.2 Å². The van der Waals surface area contributed by atoms with Crippen molar-refractivity contribution in [2.24, 2.45) is 0 Å². The number of rotatable bonds is 6. The van der Waals surface area contributed by atoms with Crippen molar-refractivity contribution in [3.63, 3.8) is 0 Å². The van der Waals surface area contributed by atoms with Gasteiger partial charge in [-0.3, -0.25) is 9.78 Å². The zero-order valence-electron chi connectivity index (χ0n) is 11.9. The lowest BCUT2D eigenvalue weighted by atomic mass is 10.3. The summed E-state index contributed by atoms with van der Waals surface area (Å²) in [5, 5.41) is 0. The highest BCUT2D eigenvalue weighted by molar-refractivity contribution is 5.76. The van der Waals surface area contributed by atoms with Crippen LogP contribution in [0.1, 0.15) is 19.0 Å². The van der Waals surface area contributed by atoms with Gasteiger partial charge in [-0.05, 0) is 19.1 Å². The molecule has 0 atom stereocenters. The Bertz CT molecular complexity index is 586. The lowest BCUT2D eigenvalue weighted by Gasteiger charge is -2.16. The van der Waals surface area contributed by atoms with Gasteiger partial charge in [0.05, 0.1) is 42.5 Å². The summed E-state index contributed by atoms with van der Waals surface area (Å²) in [7, 11) is 1.77. The van der Waals surface area contributed by atoms with E-state index in [1.165, 1.54) is 0 Å². The number of hydrogen-bond donors (Lipinski definition) is 0. The van der Waals surface area contributed by atoms with Crippen molar-refractivity contribution >= 4 is 16.9 Å². The van der Waals surface area contributed by atoms with Crippen LogP contribution < -0.4 is 0 Å². The van der Waals surface area contributed by atoms with Gasteiger partial charge in [0, 0.05) is 13.7 Å². The molecule has 1 heterocycles. The minimum Gasteiger partial charge on any atom is -0.381 e. The molecule has 1 amide bonds. The molecule has 0 saturated heterocycles. The second-order valence-electron chi connectivity index (χ2n) is 4.55. The Morgan fingerprint density at radius 2 is 2.05 bits per heavy atom. The normalized spacial score (nSPS) is 10.7. The predicted molar refractivity (Wildman–Crippen MR) is 77.1 cm³/mol. The molecule has 5 heteroatoms. The fourth-order valence-electron chi connectivity index (χ4n) is 1.90. The van der Waals surface area contributed by atoms with Gasteiger partial charge in [-0.1, -0.05) is 12.1 Å². The van der Waals surface area contributed by atoms with Crippen molar-refractivity contribution in [2.45, 2.75) is 19.9 Å². The van der Waals surface area contributed by atoms with Gasteiger partial charge in [0.15, 0.2) is 0 Å². The fraction of sp³-hybridized carbons (Fsp3) is 0.400. The number of hydrogen-bond acceptors (Lipinski definition) is 4. The first-order valence-electron chi connectivity index (χ1n) is 6.73. The predicted octanol–water partition coefficient (Wildman–Crippen LogP) is 2.01. The first kappa shape index (κ1) is 14.4. The Labute approximate surface area is 118 Å². The van der Waals surface area contributed by atoms with Crippen LogP contribution in [-0.2, 0) is 16.1 Å². The van der Waals surface area contributed by atoms with Gasteiger partial charge < -0.3 is 9.64 Å². The van der Waals surface area contributed by atoms with E-state index in [4.69, 9.17) is 4.74 Å². The maximum Gasteiger partial charge on any atom is 0.224 e. The van der Waals surface area contributed by atoms with Gasteiger partial charge in [0.2, 0.25) is 5.91 Å². The molecule has 2 rings (SSSR count). The van der Waals surface area contributed by atoms with Crippen molar-refractivity contribution in [1.82, 2.24) is 14.9 Å². The van der Waals surface area contributed by atoms with E-state index in [9.17, 15) is 4.79 Å². The van der Waals surface area contributed by atoms with Crippen molar-refractivity contribution < 1.29 is 9.53 Å². The smallest absolute Gasteiger partial charge is 0.224 e. The summed E-state index contributed by atoms with van der Waals surface area (Å²) >= 11 is 0. The highest BCUT2D eigenvalue weighted by atomic mass is 16.5. The molecule has 0 radical (unpaired) electrons. The second kappa shape index (κ2) is 6.96. The third-order valence-electron chi connectivity index (χ3n) is 2.99. The molecule has 0 fully saturated rings. The number of aromatic nitrogens is 2. The third kappa shape index (κ3) is 3.74. The topological polar surface area (TPSA) is 55.3 Å². The maximum absolute atomic E-state index is 11.9. The van der Waals surface area contributed by atoms with E-state index in [-0.39, 0.29) is 5.91 Å². The van der Waals surface area contributed by atoms with Crippen LogP contribution in [0.4, 0.5) is 0 Å². The first-order chi connectivity index (χ1) is 9.70. The zero-order valence-corrected chi connectivity index (χ0v) is 11.9. The molecule has 5 nitrogen and oxygen atoms in total. The first-order valence-corrected chi connectivity index (χ1v) is 6.73. The summed E-state index contributed by atoms with van der Waals surface area (Å²) in [6.45, 7) is 3.47. The van der Waals surface area contributed by atoms with Crippen molar-refractivity contribution in [2.75, 3.05) is 20.3 Å². The number of para-hydroxylation sites is 2. The van der Waals surface area contributed by atoms with Crippen molar-refractivity contribution in [1.29, 1.82) is 0 Å². The van der Waals surface area contributed by atoms with Crippen LogP contribution in [0.3, 0.4) is 0 Å². The highest BCUT2D eigenvalue weighted by Crippen LogP contribution is 2.09. The van der Waals surface area contributed by atoms with Gasteiger partial charge in [0.1, 0.15) is 0 Å². The van der Waals surface area contributed by atoms with E-state index in [1.54, 1.807) is 18.1 Å². The van der Waals surface area contributed by atoms with Crippen molar-refractivity contribution in [3.8, 4) is 0 Å². The molecule has 20 heavy (non-hydrogen) atoms. The Hall–Kier alpha value is -2.01. The lowest BCUT2D eigenvalue weighted by molar-refractivity contribution is -0.131. The third-order valence-corrected chi connectivity index (χ3v) is 2.99. The van der Waals surface area contributed by atoms with Crippen LogP contribution >= 0.6 is 0 Å². The average Bonchev–Trinajstić information content (AvgIpc) is 2.47. The van der Waals surface area contributed by atoms with E-state index in [2.05, 4.69) is 9.97 Å². The average molecular weight is 273 g/mol. The van der Waals surface area contributed by atoms with Crippen LogP contribution in [0.25, 0.3) is 11.0 Å². The molecule has 1 aromatic heterocycles. The zero-order chi connectivity index (χ0) is 14.4. The molecule has 0 bridgehead atoms. The van der Waals surface area contributed by atoms with Crippen LogP contribution in [0.15, 0.2) is 30.5 Å². The second-order valence-corrected chi connectivity index (χ2v) is 4.55. The molecule has 0 N–H and O–H groups in total. The number of carbonyl (C=O) groups excluding carboxylic acids is 1. The number of amides is 1. The van der Waals surface area contributed by atoms with Crippen LogP contribution in [0.5, 0.6) is 0 Å². The van der Waals surface area contributed by atoms with Gasteiger partial charge in [-0.25, -0.2) is 4.98 Å². The van der Waals surface area contributed by atoms with E-state index >= 15 is 0 Å². The summed E-state index contributed by atoms with van der Waals surface area (Å²) in [5.41, 5.74) is 2.50. The summed E-state index contributed by atoms with van der Waals surface area (Å²) < 4.78 is 5.19.